The Bertz CT molecular complexity index is 862. The van der Waals surface area contributed by atoms with Crippen LogP contribution in [0, 0.1) is 0 Å². The molecule has 3 rings (SSSR count). The number of hydrogen-bond donors (Lipinski definition) is 0. The summed E-state index contributed by atoms with van der Waals surface area (Å²) in [7, 11) is 4.56. The minimum atomic E-state index is -0.145. The van der Waals surface area contributed by atoms with E-state index >= 15 is 0 Å². The molecule has 0 radical (unpaired) electrons. The number of pyridine rings is 1. The number of aromatic nitrogens is 2. The van der Waals surface area contributed by atoms with Gasteiger partial charge in [-0.2, -0.15) is 0 Å². The van der Waals surface area contributed by atoms with Crippen molar-refractivity contribution in [2.45, 2.75) is 0 Å². The highest BCUT2D eigenvalue weighted by Gasteiger charge is 2.18. The molecule has 25 heavy (non-hydrogen) atoms. The molecule has 6 heteroatoms. The number of carbonyl (C=O) groups excluding carboxylic acids is 1. The van der Waals surface area contributed by atoms with E-state index in [9.17, 15) is 4.79 Å². The minimum absolute atomic E-state index is 0.145. The second kappa shape index (κ2) is 7.09. The van der Waals surface area contributed by atoms with Crippen LogP contribution in [-0.4, -0.2) is 36.7 Å². The molecule has 3 aromatic rings. The van der Waals surface area contributed by atoms with E-state index in [4.69, 9.17) is 14.2 Å². The Morgan fingerprint density at radius 2 is 1.68 bits per heavy atom. The molecule has 0 aliphatic rings. The Morgan fingerprint density at radius 3 is 2.24 bits per heavy atom. The summed E-state index contributed by atoms with van der Waals surface area (Å²) >= 11 is 0. The number of ether oxygens (including phenoxy) is 3. The van der Waals surface area contributed by atoms with Gasteiger partial charge in [-0.15, -0.1) is 0 Å². The van der Waals surface area contributed by atoms with Crippen LogP contribution in [0.25, 0.3) is 5.82 Å². The van der Waals surface area contributed by atoms with Gasteiger partial charge in [0.1, 0.15) is 5.82 Å². The SMILES string of the molecule is COc1cc(C(=O)c2ccn(-c3ccccn3)c2)cc(OC)c1OC. The molecule has 0 amide bonds. The van der Waals surface area contributed by atoms with Crippen molar-refractivity contribution in [3.8, 4) is 23.1 Å². The van der Waals surface area contributed by atoms with Crippen molar-refractivity contribution >= 4 is 5.78 Å². The highest BCUT2D eigenvalue weighted by atomic mass is 16.5. The lowest BCUT2D eigenvalue weighted by molar-refractivity contribution is 0.103. The molecular weight excluding hydrogens is 320 g/mol. The molecule has 0 spiro atoms. The average Bonchev–Trinajstić information content (AvgIpc) is 3.17. The zero-order valence-electron chi connectivity index (χ0n) is 14.2. The zero-order chi connectivity index (χ0) is 17.8. The summed E-state index contributed by atoms with van der Waals surface area (Å²) in [5.41, 5.74) is 0.994. The fraction of sp³-hybridized carbons (Fsp3) is 0.158. The highest BCUT2D eigenvalue weighted by molar-refractivity contribution is 6.09. The van der Waals surface area contributed by atoms with Gasteiger partial charge in [0.2, 0.25) is 5.75 Å². The van der Waals surface area contributed by atoms with Gasteiger partial charge in [-0.1, -0.05) is 6.07 Å². The fourth-order valence-electron chi connectivity index (χ4n) is 2.56. The standard InChI is InChI=1S/C19H18N2O4/c1-23-15-10-14(11-16(24-2)19(15)25-3)18(22)13-7-9-21(12-13)17-6-4-5-8-20-17/h4-12H,1-3H3. The molecule has 1 aromatic carbocycles. The van der Waals surface area contributed by atoms with Crippen molar-refractivity contribution in [3.05, 3.63) is 66.1 Å². The Morgan fingerprint density at radius 1 is 0.960 bits per heavy atom. The predicted molar refractivity (Wildman–Crippen MR) is 93.1 cm³/mol. The van der Waals surface area contributed by atoms with Crippen LogP contribution in [0.3, 0.4) is 0 Å². The van der Waals surface area contributed by atoms with Crippen LogP contribution in [0.5, 0.6) is 17.2 Å². The van der Waals surface area contributed by atoms with Crippen LogP contribution >= 0.6 is 0 Å². The first-order valence-electron chi connectivity index (χ1n) is 7.62. The van der Waals surface area contributed by atoms with Crippen LogP contribution in [0.2, 0.25) is 0 Å². The normalized spacial score (nSPS) is 10.4. The molecule has 6 nitrogen and oxygen atoms in total. The second-order valence-corrected chi connectivity index (χ2v) is 5.24. The molecule has 128 valence electrons. The molecule has 0 atom stereocenters. The molecule has 0 bridgehead atoms. The van der Waals surface area contributed by atoms with Crippen molar-refractivity contribution in [1.29, 1.82) is 0 Å². The maximum absolute atomic E-state index is 12.8. The van der Waals surface area contributed by atoms with Gasteiger partial charge < -0.3 is 18.8 Å². The summed E-state index contributed by atoms with van der Waals surface area (Å²) in [6, 6.07) is 10.6. The maximum atomic E-state index is 12.8. The van der Waals surface area contributed by atoms with E-state index in [2.05, 4.69) is 4.98 Å². The quantitative estimate of drug-likeness (QED) is 0.646. The third-order valence-electron chi connectivity index (χ3n) is 3.80. The van der Waals surface area contributed by atoms with Crippen LogP contribution in [0.1, 0.15) is 15.9 Å². The van der Waals surface area contributed by atoms with E-state index in [1.807, 2.05) is 18.2 Å². The van der Waals surface area contributed by atoms with Gasteiger partial charge in [0.15, 0.2) is 17.3 Å². The molecule has 2 aromatic heterocycles. The van der Waals surface area contributed by atoms with Crippen molar-refractivity contribution in [2.75, 3.05) is 21.3 Å². The number of methoxy groups -OCH3 is 3. The van der Waals surface area contributed by atoms with E-state index in [1.54, 1.807) is 41.4 Å². The second-order valence-electron chi connectivity index (χ2n) is 5.24. The molecule has 0 N–H and O–H groups in total. The smallest absolute Gasteiger partial charge is 0.203 e. The Kier molecular flexibility index (Phi) is 4.70. The summed E-state index contributed by atoms with van der Waals surface area (Å²) in [5.74, 6) is 1.93. The average molecular weight is 338 g/mol. The van der Waals surface area contributed by atoms with E-state index in [-0.39, 0.29) is 5.78 Å². The first-order chi connectivity index (χ1) is 12.2. The molecule has 2 heterocycles. The largest absolute Gasteiger partial charge is 0.493 e. The van der Waals surface area contributed by atoms with Crippen LogP contribution in [0.4, 0.5) is 0 Å². The number of hydrogen-bond acceptors (Lipinski definition) is 5. The van der Waals surface area contributed by atoms with Gasteiger partial charge in [0, 0.05) is 29.7 Å². The van der Waals surface area contributed by atoms with Crippen molar-refractivity contribution in [1.82, 2.24) is 9.55 Å². The summed E-state index contributed by atoms with van der Waals surface area (Å²) in [6.45, 7) is 0. The Labute approximate surface area is 145 Å². The van der Waals surface area contributed by atoms with Crippen LogP contribution < -0.4 is 14.2 Å². The molecule has 0 aliphatic carbocycles. The molecule has 0 unspecified atom stereocenters. The summed E-state index contributed by atoms with van der Waals surface area (Å²) in [6.07, 6.45) is 5.25. The lowest BCUT2D eigenvalue weighted by Crippen LogP contribution is -2.03. The van der Waals surface area contributed by atoms with Crippen molar-refractivity contribution in [2.24, 2.45) is 0 Å². The third kappa shape index (κ3) is 3.19. The van der Waals surface area contributed by atoms with E-state index in [0.29, 0.717) is 28.4 Å². The van der Waals surface area contributed by atoms with Gasteiger partial charge in [0.05, 0.1) is 21.3 Å². The molecular formula is C19H18N2O4. The topological polar surface area (TPSA) is 62.6 Å². The lowest BCUT2D eigenvalue weighted by Gasteiger charge is -2.13. The minimum Gasteiger partial charge on any atom is -0.493 e. The third-order valence-corrected chi connectivity index (χ3v) is 3.80. The van der Waals surface area contributed by atoms with E-state index < -0.39 is 0 Å². The van der Waals surface area contributed by atoms with Gasteiger partial charge in [-0.25, -0.2) is 4.98 Å². The summed E-state index contributed by atoms with van der Waals surface area (Å²) in [5, 5.41) is 0. The number of ketones is 1. The van der Waals surface area contributed by atoms with Gasteiger partial charge in [-0.3, -0.25) is 4.79 Å². The number of nitrogens with zero attached hydrogens (tertiary/aromatic N) is 2. The Hall–Kier alpha value is -3.28. The molecule has 0 fully saturated rings. The highest BCUT2D eigenvalue weighted by Crippen LogP contribution is 2.38. The van der Waals surface area contributed by atoms with Crippen LogP contribution in [-0.2, 0) is 0 Å². The summed E-state index contributed by atoms with van der Waals surface area (Å²) in [4.78, 5) is 17.1. The lowest BCUT2D eigenvalue weighted by atomic mass is 10.0. The first-order valence-corrected chi connectivity index (χ1v) is 7.62. The monoisotopic (exact) mass is 338 g/mol. The predicted octanol–water partition coefficient (Wildman–Crippen LogP) is 3.13. The van der Waals surface area contributed by atoms with Gasteiger partial charge >= 0.3 is 0 Å². The van der Waals surface area contributed by atoms with Crippen molar-refractivity contribution in [3.63, 3.8) is 0 Å². The van der Waals surface area contributed by atoms with Gasteiger partial charge in [0.25, 0.3) is 0 Å². The molecule has 0 aliphatic heterocycles. The first kappa shape index (κ1) is 16.6. The number of carbonyl (C=O) groups is 1. The van der Waals surface area contributed by atoms with E-state index in [0.717, 1.165) is 5.82 Å². The fourth-order valence-corrected chi connectivity index (χ4v) is 2.56. The van der Waals surface area contributed by atoms with Crippen molar-refractivity contribution < 1.29 is 19.0 Å². The summed E-state index contributed by atoms with van der Waals surface area (Å²) < 4.78 is 17.7. The molecule has 0 saturated carbocycles. The number of rotatable bonds is 6. The molecule has 0 saturated heterocycles. The zero-order valence-corrected chi connectivity index (χ0v) is 14.2. The number of benzene rings is 1. The van der Waals surface area contributed by atoms with E-state index in [1.165, 1.54) is 21.3 Å². The Balaban J connectivity index is 1.97. The van der Waals surface area contributed by atoms with Gasteiger partial charge in [-0.05, 0) is 30.3 Å². The van der Waals surface area contributed by atoms with Crippen LogP contribution in [0.15, 0.2) is 55.0 Å². The maximum Gasteiger partial charge on any atom is 0.203 e.